The van der Waals surface area contributed by atoms with Gasteiger partial charge in [-0.3, -0.25) is 0 Å². The molecule has 88 valence electrons. The van der Waals surface area contributed by atoms with Crippen LogP contribution in [0.1, 0.15) is 11.3 Å². The van der Waals surface area contributed by atoms with Gasteiger partial charge in [-0.2, -0.15) is 0 Å². The predicted octanol–water partition coefficient (Wildman–Crippen LogP) is 0.199. The van der Waals surface area contributed by atoms with Crippen molar-refractivity contribution in [1.82, 2.24) is 10.5 Å². The van der Waals surface area contributed by atoms with Crippen molar-refractivity contribution >= 4 is 5.88 Å². The van der Waals surface area contributed by atoms with Crippen molar-refractivity contribution in [2.75, 3.05) is 44.3 Å². The summed E-state index contributed by atoms with van der Waals surface area (Å²) < 4.78 is 10.9. The summed E-state index contributed by atoms with van der Waals surface area (Å²) in [6, 6.07) is 0. The minimum Gasteiger partial charge on any atom is -0.378 e. The van der Waals surface area contributed by atoms with Gasteiger partial charge in [0.15, 0.2) is 0 Å². The lowest BCUT2D eigenvalue weighted by molar-refractivity contribution is 0.120. The molecule has 0 atom stereocenters. The summed E-state index contributed by atoms with van der Waals surface area (Å²) >= 11 is 0. The van der Waals surface area contributed by atoms with E-state index in [9.17, 15) is 0 Å². The van der Waals surface area contributed by atoms with Gasteiger partial charge >= 0.3 is 0 Å². The first-order valence-electron chi connectivity index (χ1n) is 5.96. The van der Waals surface area contributed by atoms with Crippen LogP contribution in [-0.4, -0.2) is 44.5 Å². The molecule has 0 radical (unpaired) electrons. The Morgan fingerprint density at radius 1 is 1.12 bits per heavy atom. The maximum atomic E-state index is 5.51. The van der Waals surface area contributed by atoms with Crippen molar-refractivity contribution in [3.8, 4) is 0 Å². The molecule has 0 aromatic carbocycles. The second kappa shape index (κ2) is 4.43. The number of hydrogen-bond donors (Lipinski definition) is 1. The SMILES string of the molecule is C1Cc2noc(N3CCOCC3)c2CCN1. The Labute approximate surface area is 94.7 Å². The molecule has 0 saturated carbocycles. The summed E-state index contributed by atoms with van der Waals surface area (Å²) in [5.74, 6) is 0.974. The third-order valence-corrected chi connectivity index (χ3v) is 3.24. The Morgan fingerprint density at radius 2 is 1.94 bits per heavy atom. The van der Waals surface area contributed by atoms with Crippen LogP contribution in [0.15, 0.2) is 4.52 Å². The van der Waals surface area contributed by atoms with E-state index in [0.29, 0.717) is 0 Å². The first kappa shape index (κ1) is 10.1. The number of nitrogens with one attached hydrogen (secondary N) is 1. The molecule has 0 spiro atoms. The van der Waals surface area contributed by atoms with Crippen molar-refractivity contribution in [2.24, 2.45) is 0 Å². The van der Waals surface area contributed by atoms with Crippen molar-refractivity contribution < 1.29 is 9.26 Å². The average Bonchev–Trinajstić information content (AvgIpc) is 2.60. The molecule has 5 nitrogen and oxygen atoms in total. The Hall–Kier alpha value is -1.07. The summed E-state index contributed by atoms with van der Waals surface area (Å²) in [4.78, 5) is 2.25. The molecule has 16 heavy (non-hydrogen) atoms. The van der Waals surface area contributed by atoms with Gasteiger partial charge in [0.05, 0.1) is 18.9 Å². The second-order valence-corrected chi connectivity index (χ2v) is 4.26. The number of fused-ring (bicyclic) bond motifs is 1. The molecular formula is C11H17N3O2. The third kappa shape index (κ3) is 1.81. The fourth-order valence-corrected chi connectivity index (χ4v) is 2.34. The first-order chi connectivity index (χ1) is 7.95. The largest absolute Gasteiger partial charge is 0.378 e. The highest BCUT2D eigenvalue weighted by molar-refractivity contribution is 5.47. The number of rotatable bonds is 1. The standard InChI is InChI=1S/C11H17N3O2/c1-3-12-4-2-10-9(1)11(16-13-10)14-5-7-15-8-6-14/h12H,1-8H2. The fourth-order valence-electron chi connectivity index (χ4n) is 2.34. The first-order valence-corrected chi connectivity index (χ1v) is 5.96. The van der Waals surface area contributed by atoms with Gasteiger partial charge in [0.1, 0.15) is 0 Å². The third-order valence-electron chi connectivity index (χ3n) is 3.24. The smallest absolute Gasteiger partial charge is 0.230 e. The Kier molecular flexibility index (Phi) is 2.80. The normalized spacial score (nSPS) is 21.6. The van der Waals surface area contributed by atoms with E-state index in [-0.39, 0.29) is 0 Å². The van der Waals surface area contributed by atoms with Gasteiger partial charge in [-0.25, -0.2) is 0 Å². The van der Waals surface area contributed by atoms with E-state index in [1.807, 2.05) is 0 Å². The van der Waals surface area contributed by atoms with Crippen LogP contribution in [-0.2, 0) is 17.6 Å². The molecule has 1 aromatic rings. The molecular weight excluding hydrogens is 206 g/mol. The Bertz CT molecular complexity index is 358. The molecule has 0 amide bonds. The van der Waals surface area contributed by atoms with Crippen LogP contribution >= 0.6 is 0 Å². The summed E-state index contributed by atoms with van der Waals surface area (Å²) in [5.41, 5.74) is 2.43. The summed E-state index contributed by atoms with van der Waals surface area (Å²) in [5, 5.41) is 7.58. The summed E-state index contributed by atoms with van der Waals surface area (Å²) in [6.45, 7) is 5.42. The van der Waals surface area contributed by atoms with Crippen LogP contribution in [0.2, 0.25) is 0 Å². The zero-order chi connectivity index (χ0) is 10.8. The maximum absolute atomic E-state index is 5.51. The lowest BCUT2D eigenvalue weighted by Gasteiger charge is -2.26. The fraction of sp³-hybridized carbons (Fsp3) is 0.727. The second-order valence-electron chi connectivity index (χ2n) is 4.26. The summed E-state index contributed by atoms with van der Waals surface area (Å²) in [7, 11) is 0. The summed E-state index contributed by atoms with van der Waals surface area (Å²) in [6.07, 6.45) is 1.99. The van der Waals surface area contributed by atoms with E-state index in [4.69, 9.17) is 9.26 Å². The van der Waals surface area contributed by atoms with Gasteiger partial charge in [-0.1, -0.05) is 5.16 Å². The van der Waals surface area contributed by atoms with Crippen LogP contribution in [0, 0.1) is 0 Å². The number of hydrogen-bond acceptors (Lipinski definition) is 5. The molecule has 2 aliphatic rings. The van der Waals surface area contributed by atoms with Crippen LogP contribution in [0.5, 0.6) is 0 Å². The van der Waals surface area contributed by atoms with E-state index in [1.54, 1.807) is 0 Å². The minimum atomic E-state index is 0.785. The maximum Gasteiger partial charge on any atom is 0.230 e. The van der Waals surface area contributed by atoms with Crippen molar-refractivity contribution in [1.29, 1.82) is 0 Å². The molecule has 5 heteroatoms. The van der Waals surface area contributed by atoms with E-state index in [1.165, 1.54) is 5.56 Å². The molecule has 3 heterocycles. The number of nitrogens with zero attached hydrogens (tertiary/aromatic N) is 2. The Balaban J connectivity index is 1.86. The van der Waals surface area contributed by atoms with E-state index < -0.39 is 0 Å². The van der Waals surface area contributed by atoms with Crippen molar-refractivity contribution in [3.05, 3.63) is 11.3 Å². The zero-order valence-electron chi connectivity index (χ0n) is 9.37. The molecule has 3 rings (SSSR count). The van der Waals surface area contributed by atoms with Crippen molar-refractivity contribution in [2.45, 2.75) is 12.8 Å². The van der Waals surface area contributed by atoms with Gasteiger partial charge in [0.2, 0.25) is 5.88 Å². The molecule has 1 N–H and O–H groups in total. The van der Waals surface area contributed by atoms with Crippen molar-refractivity contribution in [3.63, 3.8) is 0 Å². The van der Waals surface area contributed by atoms with Gasteiger partial charge in [-0.15, -0.1) is 0 Å². The number of morpholine rings is 1. The quantitative estimate of drug-likeness (QED) is 0.737. The molecule has 2 aliphatic heterocycles. The molecule has 1 fully saturated rings. The van der Waals surface area contributed by atoms with Crippen LogP contribution in [0.4, 0.5) is 5.88 Å². The highest BCUT2D eigenvalue weighted by Gasteiger charge is 2.23. The number of aromatic nitrogens is 1. The van der Waals surface area contributed by atoms with Gasteiger partial charge < -0.3 is 19.5 Å². The molecule has 1 saturated heterocycles. The molecule has 0 aliphatic carbocycles. The van der Waals surface area contributed by atoms with Gasteiger partial charge in [0.25, 0.3) is 0 Å². The van der Waals surface area contributed by atoms with Crippen LogP contribution in [0.25, 0.3) is 0 Å². The van der Waals surface area contributed by atoms with Gasteiger partial charge in [0, 0.05) is 31.6 Å². The molecule has 1 aromatic heterocycles. The number of anilines is 1. The topological polar surface area (TPSA) is 50.5 Å². The highest BCUT2D eigenvalue weighted by atomic mass is 16.5. The average molecular weight is 223 g/mol. The van der Waals surface area contributed by atoms with E-state index in [2.05, 4.69) is 15.4 Å². The minimum absolute atomic E-state index is 0.785. The van der Waals surface area contributed by atoms with E-state index in [0.717, 1.165) is 63.8 Å². The van der Waals surface area contributed by atoms with Gasteiger partial charge in [-0.05, 0) is 13.0 Å². The number of ether oxygens (including phenoxy) is 1. The van der Waals surface area contributed by atoms with E-state index >= 15 is 0 Å². The van der Waals surface area contributed by atoms with Crippen LogP contribution in [0.3, 0.4) is 0 Å². The van der Waals surface area contributed by atoms with Crippen LogP contribution < -0.4 is 10.2 Å². The Morgan fingerprint density at radius 3 is 2.81 bits per heavy atom. The lowest BCUT2D eigenvalue weighted by atomic mass is 10.1. The molecule has 0 unspecified atom stereocenters. The monoisotopic (exact) mass is 223 g/mol. The highest BCUT2D eigenvalue weighted by Crippen LogP contribution is 2.26. The zero-order valence-corrected chi connectivity index (χ0v) is 9.37. The lowest BCUT2D eigenvalue weighted by Crippen LogP contribution is -2.36. The molecule has 0 bridgehead atoms. The predicted molar refractivity (Wildman–Crippen MR) is 59.8 cm³/mol.